The highest BCUT2D eigenvalue weighted by Gasteiger charge is 2.36. The lowest BCUT2D eigenvalue weighted by Gasteiger charge is -2.13. The Balaban J connectivity index is 2.01. The van der Waals surface area contributed by atoms with Gasteiger partial charge in [0.2, 0.25) is 0 Å². The molecule has 0 spiro atoms. The average Bonchev–Trinajstić information content (AvgIpc) is 2.77. The van der Waals surface area contributed by atoms with E-state index in [-0.39, 0.29) is 11.8 Å². The van der Waals surface area contributed by atoms with E-state index >= 15 is 0 Å². The molecule has 3 nitrogen and oxygen atoms in total. The van der Waals surface area contributed by atoms with Gasteiger partial charge in [0.05, 0.1) is 5.56 Å². The normalized spacial score (nSPS) is 14.6. The van der Waals surface area contributed by atoms with Crippen LogP contribution in [0.15, 0.2) is 6.07 Å². The molecule has 0 saturated heterocycles. The van der Waals surface area contributed by atoms with Crippen LogP contribution in [0.3, 0.4) is 0 Å². The van der Waals surface area contributed by atoms with E-state index in [0.717, 1.165) is 30.6 Å². The maximum Gasteiger partial charge on any atom is 0.271 e. The van der Waals surface area contributed by atoms with Gasteiger partial charge in [-0.15, -0.1) is 11.3 Å². The Morgan fingerprint density at radius 1 is 1.18 bits per heavy atom. The van der Waals surface area contributed by atoms with E-state index in [1.165, 1.54) is 16.2 Å². The fourth-order valence-corrected chi connectivity index (χ4v) is 3.04. The molecule has 17 heavy (non-hydrogen) atoms. The predicted octanol–water partition coefficient (Wildman–Crippen LogP) is 3.23. The zero-order valence-electron chi connectivity index (χ0n) is 10.3. The molecule has 0 saturated carbocycles. The van der Waals surface area contributed by atoms with Gasteiger partial charge in [0.15, 0.2) is 0 Å². The van der Waals surface area contributed by atoms with E-state index in [0.29, 0.717) is 17.0 Å². The zero-order valence-corrected chi connectivity index (χ0v) is 11.1. The van der Waals surface area contributed by atoms with Crippen molar-refractivity contribution in [3.8, 4) is 0 Å². The average molecular weight is 251 g/mol. The first-order valence-electron chi connectivity index (χ1n) is 6.11. The van der Waals surface area contributed by atoms with Gasteiger partial charge >= 0.3 is 0 Å². The van der Waals surface area contributed by atoms with Crippen LogP contribution in [0.25, 0.3) is 0 Å². The van der Waals surface area contributed by atoms with E-state index in [2.05, 4.69) is 6.92 Å². The first kappa shape index (κ1) is 12.3. The van der Waals surface area contributed by atoms with Crippen LogP contribution in [0.4, 0.5) is 0 Å². The van der Waals surface area contributed by atoms with Crippen LogP contribution in [0.2, 0.25) is 0 Å². The quantitative estimate of drug-likeness (QED) is 0.595. The molecule has 0 N–H and O–H groups in total. The molecule has 0 bridgehead atoms. The summed E-state index contributed by atoms with van der Waals surface area (Å²) in [4.78, 5) is 27.1. The van der Waals surface area contributed by atoms with Crippen molar-refractivity contribution in [2.45, 2.75) is 39.5 Å². The molecule has 4 heteroatoms. The standard InChI is InChI=1S/C13H17NO2S/c1-3-4-5-6-7-14-12(15)10-8-9(2)17-11(10)13(14)16/h8H,3-7H2,1-2H3. The molecule has 1 aromatic rings. The van der Waals surface area contributed by atoms with Crippen LogP contribution < -0.4 is 0 Å². The molecule has 1 aliphatic heterocycles. The van der Waals surface area contributed by atoms with E-state index < -0.39 is 0 Å². The Labute approximate surface area is 105 Å². The molecular weight excluding hydrogens is 234 g/mol. The van der Waals surface area contributed by atoms with Gasteiger partial charge in [-0.25, -0.2) is 0 Å². The molecule has 2 amide bonds. The number of amides is 2. The van der Waals surface area contributed by atoms with Crippen molar-refractivity contribution in [3.05, 3.63) is 21.4 Å². The summed E-state index contributed by atoms with van der Waals surface area (Å²) in [6.45, 7) is 4.64. The van der Waals surface area contributed by atoms with Gasteiger partial charge < -0.3 is 0 Å². The number of hydrogen-bond acceptors (Lipinski definition) is 3. The van der Waals surface area contributed by atoms with E-state index in [1.807, 2.05) is 13.0 Å². The van der Waals surface area contributed by atoms with Gasteiger partial charge in [0.1, 0.15) is 4.88 Å². The SMILES string of the molecule is CCCCCCN1C(=O)c2cc(C)sc2C1=O. The van der Waals surface area contributed by atoms with Gasteiger partial charge in [-0.2, -0.15) is 0 Å². The molecule has 1 aliphatic rings. The molecule has 0 atom stereocenters. The minimum atomic E-state index is -0.106. The largest absolute Gasteiger partial charge is 0.274 e. The van der Waals surface area contributed by atoms with Crippen LogP contribution in [0, 0.1) is 6.92 Å². The molecule has 0 fully saturated rings. The number of nitrogens with zero attached hydrogens (tertiary/aromatic N) is 1. The van der Waals surface area contributed by atoms with Crippen molar-refractivity contribution in [3.63, 3.8) is 0 Å². The molecule has 0 unspecified atom stereocenters. The maximum absolute atomic E-state index is 12.0. The highest BCUT2D eigenvalue weighted by atomic mass is 32.1. The number of imide groups is 1. The summed E-state index contributed by atoms with van der Waals surface area (Å²) in [6.07, 6.45) is 4.32. The Hall–Kier alpha value is -1.16. The number of fused-ring (bicyclic) bond motifs is 1. The molecule has 2 rings (SSSR count). The highest BCUT2D eigenvalue weighted by molar-refractivity contribution is 7.14. The predicted molar refractivity (Wildman–Crippen MR) is 68.6 cm³/mol. The molecule has 0 aromatic carbocycles. The second kappa shape index (κ2) is 5.00. The summed E-state index contributed by atoms with van der Waals surface area (Å²) in [5.74, 6) is -0.203. The third kappa shape index (κ3) is 2.27. The van der Waals surface area contributed by atoms with Crippen LogP contribution in [0.5, 0.6) is 0 Å². The summed E-state index contributed by atoms with van der Waals surface area (Å²) in [6, 6.07) is 1.83. The number of unbranched alkanes of at least 4 members (excludes halogenated alkanes) is 3. The topological polar surface area (TPSA) is 37.4 Å². The van der Waals surface area contributed by atoms with Crippen LogP contribution in [0.1, 0.15) is 57.5 Å². The van der Waals surface area contributed by atoms with Crippen molar-refractivity contribution in [1.29, 1.82) is 0 Å². The third-order valence-electron chi connectivity index (χ3n) is 3.01. The number of rotatable bonds is 5. The number of aryl methyl sites for hydroxylation is 1. The Kier molecular flexibility index (Phi) is 3.62. The van der Waals surface area contributed by atoms with Gasteiger partial charge in [-0.3, -0.25) is 14.5 Å². The molecule has 1 aromatic heterocycles. The molecular formula is C13H17NO2S. The molecule has 92 valence electrons. The smallest absolute Gasteiger partial charge is 0.271 e. The van der Waals surface area contributed by atoms with Gasteiger partial charge in [0, 0.05) is 11.4 Å². The summed E-state index contributed by atoms with van der Waals surface area (Å²) in [7, 11) is 0. The number of carbonyl (C=O) groups is 2. The van der Waals surface area contributed by atoms with Gasteiger partial charge in [-0.1, -0.05) is 26.2 Å². The second-order valence-electron chi connectivity index (χ2n) is 4.42. The highest BCUT2D eigenvalue weighted by Crippen LogP contribution is 2.30. The fraction of sp³-hybridized carbons (Fsp3) is 0.538. The van der Waals surface area contributed by atoms with Gasteiger partial charge in [0.25, 0.3) is 11.8 Å². The van der Waals surface area contributed by atoms with E-state index in [9.17, 15) is 9.59 Å². The molecule has 0 radical (unpaired) electrons. The van der Waals surface area contributed by atoms with Crippen LogP contribution in [-0.2, 0) is 0 Å². The van der Waals surface area contributed by atoms with Crippen molar-refractivity contribution in [2.75, 3.05) is 6.54 Å². The first-order chi connectivity index (χ1) is 8.15. The van der Waals surface area contributed by atoms with Crippen molar-refractivity contribution in [2.24, 2.45) is 0 Å². The molecule has 0 aliphatic carbocycles. The monoisotopic (exact) mass is 251 g/mol. The Bertz CT molecular complexity index is 417. The lowest BCUT2D eigenvalue weighted by atomic mass is 10.2. The number of hydrogen-bond donors (Lipinski definition) is 0. The summed E-state index contributed by atoms with van der Waals surface area (Å²) in [5, 5.41) is 0. The Morgan fingerprint density at radius 3 is 2.59 bits per heavy atom. The third-order valence-corrected chi connectivity index (χ3v) is 4.04. The lowest BCUT2D eigenvalue weighted by molar-refractivity contribution is 0.0652. The first-order valence-corrected chi connectivity index (χ1v) is 6.93. The number of thiophene rings is 1. The van der Waals surface area contributed by atoms with Crippen molar-refractivity contribution < 1.29 is 9.59 Å². The zero-order chi connectivity index (χ0) is 12.4. The second-order valence-corrected chi connectivity index (χ2v) is 5.68. The minimum absolute atomic E-state index is 0.0976. The fourth-order valence-electron chi connectivity index (χ4n) is 2.09. The van der Waals surface area contributed by atoms with Gasteiger partial charge in [-0.05, 0) is 19.4 Å². The maximum atomic E-state index is 12.0. The summed E-state index contributed by atoms with van der Waals surface area (Å²) < 4.78 is 0. The minimum Gasteiger partial charge on any atom is -0.274 e. The van der Waals surface area contributed by atoms with E-state index in [4.69, 9.17) is 0 Å². The molecule has 2 heterocycles. The summed E-state index contributed by atoms with van der Waals surface area (Å²) >= 11 is 1.42. The number of carbonyl (C=O) groups excluding carboxylic acids is 2. The van der Waals surface area contributed by atoms with Crippen molar-refractivity contribution >= 4 is 23.2 Å². The summed E-state index contributed by atoms with van der Waals surface area (Å²) in [5.41, 5.74) is 0.605. The van der Waals surface area contributed by atoms with Crippen LogP contribution >= 0.6 is 11.3 Å². The lowest BCUT2D eigenvalue weighted by Crippen LogP contribution is -2.30. The Morgan fingerprint density at radius 2 is 1.94 bits per heavy atom. The van der Waals surface area contributed by atoms with Crippen molar-refractivity contribution in [1.82, 2.24) is 4.90 Å². The van der Waals surface area contributed by atoms with Crippen LogP contribution in [-0.4, -0.2) is 23.3 Å². The van der Waals surface area contributed by atoms with E-state index in [1.54, 1.807) is 0 Å².